The monoisotopic (exact) mass is 350 g/mol. The van der Waals surface area contributed by atoms with Crippen LogP contribution < -0.4 is 5.48 Å². The maximum atomic E-state index is 9.81. The Morgan fingerprint density at radius 1 is 1.04 bits per heavy atom. The Morgan fingerprint density at radius 2 is 1.65 bits per heavy atom. The third-order valence-corrected chi connectivity index (χ3v) is 5.15. The Kier molecular flexibility index (Phi) is 5.86. The SMILES string of the molecule is Cc1ccc(/C=C2\CCCC(C(NO)c3ccc(C)cc3)\C2=N\O)cc1. The molecule has 0 amide bonds. The summed E-state index contributed by atoms with van der Waals surface area (Å²) in [7, 11) is 0. The lowest BCUT2D eigenvalue weighted by Gasteiger charge is -2.31. The van der Waals surface area contributed by atoms with Crippen LogP contribution in [-0.2, 0) is 0 Å². The van der Waals surface area contributed by atoms with E-state index in [0.29, 0.717) is 5.71 Å². The van der Waals surface area contributed by atoms with Crippen LogP contribution in [0, 0.1) is 19.8 Å². The molecule has 0 heterocycles. The quantitative estimate of drug-likeness (QED) is 0.535. The fourth-order valence-corrected chi connectivity index (χ4v) is 3.66. The summed E-state index contributed by atoms with van der Waals surface area (Å²) in [5.74, 6) is -0.0850. The van der Waals surface area contributed by atoms with E-state index in [0.717, 1.165) is 36.0 Å². The predicted molar refractivity (Wildman–Crippen MR) is 105 cm³/mol. The maximum Gasteiger partial charge on any atom is 0.0878 e. The van der Waals surface area contributed by atoms with Gasteiger partial charge >= 0.3 is 0 Å². The molecule has 2 atom stereocenters. The van der Waals surface area contributed by atoms with Gasteiger partial charge in [0, 0.05) is 5.92 Å². The standard InChI is InChI=1S/C22H26N2O2/c1-15-6-10-17(11-7-15)14-19-4-3-5-20(22(19)24-26)21(23-25)18-12-8-16(2)9-13-18/h6-14,20-21,23,25-26H,3-5H2,1-2H3/b19-14+,24-22+. The lowest BCUT2D eigenvalue weighted by Crippen LogP contribution is -2.34. The number of aryl methyl sites for hydroxylation is 2. The third-order valence-electron chi connectivity index (χ3n) is 5.15. The minimum absolute atomic E-state index is 0.0850. The molecule has 4 heteroatoms. The van der Waals surface area contributed by atoms with E-state index in [1.54, 1.807) is 0 Å². The van der Waals surface area contributed by atoms with Crippen molar-refractivity contribution >= 4 is 11.8 Å². The molecule has 4 nitrogen and oxygen atoms in total. The zero-order chi connectivity index (χ0) is 18.5. The Morgan fingerprint density at radius 3 is 2.23 bits per heavy atom. The van der Waals surface area contributed by atoms with Crippen molar-refractivity contribution in [3.8, 4) is 0 Å². The summed E-state index contributed by atoms with van der Waals surface area (Å²) in [6, 6.07) is 16.1. The fraction of sp³-hybridized carbons (Fsp3) is 0.318. The van der Waals surface area contributed by atoms with Crippen molar-refractivity contribution in [2.24, 2.45) is 11.1 Å². The molecule has 2 aromatic carbocycles. The second-order valence-electron chi connectivity index (χ2n) is 7.08. The van der Waals surface area contributed by atoms with Crippen LogP contribution in [0.3, 0.4) is 0 Å². The van der Waals surface area contributed by atoms with Crippen LogP contribution in [0.25, 0.3) is 6.08 Å². The van der Waals surface area contributed by atoms with Gasteiger partial charge in [-0.15, -0.1) is 0 Å². The van der Waals surface area contributed by atoms with Gasteiger partial charge < -0.3 is 10.4 Å². The van der Waals surface area contributed by atoms with Gasteiger partial charge in [-0.3, -0.25) is 0 Å². The van der Waals surface area contributed by atoms with Gasteiger partial charge in [-0.1, -0.05) is 64.8 Å². The first-order chi connectivity index (χ1) is 12.6. The second-order valence-corrected chi connectivity index (χ2v) is 7.08. The predicted octanol–water partition coefficient (Wildman–Crippen LogP) is 5.04. The normalized spacial score (nSPS) is 21.9. The summed E-state index contributed by atoms with van der Waals surface area (Å²) in [6.45, 7) is 4.10. The lowest BCUT2D eigenvalue weighted by atomic mass is 9.77. The molecule has 0 bridgehead atoms. The van der Waals surface area contributed by atoms with E-state index >= 15 is 0 Å². The summed E-state index contributed by atoms with van der Waals surface area (Å²) in [6.07, 6.45) is 4.81. The highest BCUT2D eigenvalue weighted by atomic mass is 16.5. The summed E-state index contributed by atoms with van der Waals surface area (Å²) in [4.78, 5) is 0. The number of allylic oxidation sites excluding steroid dienone is 1. The average molecular weight is 350 g/mol. The highest BCUT2D eigenvalue weighted by Crippen LogP contribution is 2.36. The van der Waals surface area contributed by atoms with E-state index in [4.69, 9.17) is 0 Å². The molecule has 0 aliphatic heterocycles. The van der Waals surface area contributed by atoms with Crippen molar-refractivity contribution in [1.29, 1.82) is 0 Å². The van der Waals surface area contributed by atoms with Gasteiger partial charge in [0.25, 0.3) is 0 Å². The van der Waals surface area contributed by atoms with Gasteiger partial charge in [-0.05, 0) is 55.9 Å². The minimum Gasteiger partial charge on any atom is -0.411 e. The van der Waals surface area contributed by atoms with Gasteiger partial charge in [0.2, 0.25) is 0 Å². The van der Waals surface area contributed by atoms with Gasteiger partial charge in [0.1, 0.15) is 0 Å². The van der Waals surface area contributed by atoms with E-state index < -0.39 is 0 Å². The summed E-state index contributed by atoms with van der Waals surface area (Å²) < 4.78 is 0. The topological polar surface area (TPSA) is 64.8 Å². The number of nitrogens with one attached hydrogen (secondary N) is 1. The van der Waals surface area contributed by atoms with Crippen molar-refractivity contribution in [1.82, 2.24) is 5.48 Å². The molecule has 1 saturated carbocycles. The average Bonchev–Trinajstić information content (AvgIpc) is 2.66. The molecule has 0 saturated heterocycles. The number of benzene rings is 2. The van der Waals surface area contributed by atoms with Gasteiger partial charge in [-0.25, -0.2) is 0 Å². The Bertz CT molecular complexity index is 792. The smallest absolute Gasteiger partial charge is 0.0878 e. The van der Waals surface area contributed by atoms with E-state index in [9.17, 15) is 10.4 Å². The zero-order valence-electron chi connectivity index (χ0n) is 15.3. The van der Waals surface area contributed by atoms with Crippen molar-refractivity contribution in [2.75, 3.05) is 0 Å². The van der Waals surface area contributed by atoms with E-state index in [-0.39, 0.29) is 12.0 Å². The first kappa shape index (κ1) is 18.4. The number of rotatable bonds is 4. The van der Waals surface area contributed by atoms with Crippen molar-refractivity contribution < 1.29 is 10.4 Å². The molecule has 2 unspecified atom stereocenters. The molecule has 1 aliphatic rings. The van der Waals surface area contributed by atoms with E-state index in [2.05, 4.69) is 47.9 Å². The largest absolute Gasteiger partial charge is 0.411 e. The molecule has 3 rings (SSSR count). The van der Waals surface area contributed by atoms with Gasteiger partial charge in [0.15, 0.2) is 0 Å². The molecule has 0 radical (unpaired) electrons. The minimum atomic E-state index is -0.303. The first-order valence-electron chi connectivity index (χ1n) is 9.08. The summed E-state index contributed by atoms with van der Waals surface area (Å²) in [5.41, 5.74) is 8.60. The molecule has 0 spiro atoms. The fourth-order valence-electron chi connectivity index (χ4n) is 3.66. The first-order valence-corrected chi connectivity index (χ1v) is 9.08. The third kappa shape index (κ3) is 4.03. The molecule has 2 aromatic rings. The Hall–Kier alpha value is -2.43. The molecule has 0 aromatic heterocycles. The zero-order valence-corrected chi connectivity index (χ0v) is 15.3. The Balaban J connectivity index is 1.91. The molecule has 1 aliphatic carbocycles. The van der Waals surface area contributed by atoms with Crippen molar-refractivity contribution in [3.63, 3.8) is 0 Å². The van der Waals surface area contributed by atoms with Crippen LogP contribution in [0.5, 0.6) is 0 Å². The maximum absolute atomic E-state index is 9.81. The van der Waals surface area contributed by atoms with E-state index in [1.807, 2.05) is 31.2 Å². The molecular formula is C22H26N2O2. The lowest BCUT2D eigenvalue weighted by molar-refractivity contribution is 0.106. The number of oxime groups is 1. The van der Waals surface area contributed by atoms with Crippen LogP contribution in [-0.4, -0.2) is 16.1 Å². The summed E-state index contributed by atoms with van der Waals surface area (Å²) in [5, 5.41) is 23.2. The second kappa shape index (κ2) is 8.30. The summed E-state index contributed by atoms with van der Waals surface area (Å²) >= 11 is 0. The number of nitrogens with zero attached hydrogens (tertiary/aromatic N) is 1. The molecule has 26 heavy (non-hydrogen) atoms. The van der Waals surface area contributed by atoms with Crippen LogP contribution in [0.1, 0.15) is 47.6 Å². The molecule has 3 N–H and O–H groups in total. The van der Waals surface area contributed by atoms with Crippen LogP contribution in [0.2, 0.25) is 0 Å². The highest BCUT2D eigenvalue weighted by Gasteiger charge is 2.32. The molecule has 136 valence electrons. The Labute approximate surface area is 154 Å². The van der Waals surface area contributed by atoms with Crippen molar-refractivity contribution in [2.45, 2.75) is 39.2 Å². The van der Waals surface area contributed by atoms with Crippen LogP contribution in [0.15, 0.2) is 59.3 Å². The number of hydroxylamine groups is 1. The van der Waals surface area contributed by atoms with Crippen molar-refractivity contribution in [3.05, 3.63) is 76.4 Å². The molecule has 1 fully saturated rings. The highest BCUT2D eigenvalue weighted by molar-refractivity contribution is 6.06. The molecular weight excluding hydrogens is 324 g/mol. The number of hydrogen-bond donors (Lipinski definition) is 3. The van der Waals surface area contributed by atoms with Gasteiger partial charge in [0.05, 0.1) is 11.8 Å². The van der Waals surface area contributed by atoms with Crippen LogP contribution in [0.4, 0.5) is 0 Å². The van der Waals surface area contributed by atoms with Crippen LogP contribution >= 0.6 is 0 Å². The van der Waals surface area contributed by atoms with Gasteiger partial charge in [-0.2, -0.15) is 5.48 Å². The van der Waals surface area contributed by atoms with E-state index in [1.165, 1.54) is 11.1 Å². The number of hydrogen-bond acceptors (Lipinski definition) is 4.